The van der Waals surface area contributed by atoms with Gasteiger partial charge in [0, 0.05) is 13.5 Å². The van der Waals surface area contributed by atoms with Crippen molar-refractivity contribution in [3.63, 3.8) is 0 Å². The van der Waals surface area contributed by atoms with Gasteiger partial charge in [-0.2, -0.15) is 0 Å². The van der Waals surface area contributed by atoms with E-state index in [1.54, 1.807) is 0 Å². The molecule has 0 bridgehead atoms. The standard InChI is InChI=1S/C6H13O4P.Li/c1-3-4-5-6(7)11(8,9)10-2;/h3-5H2,1-2H3,(H,8,9);/q;+1/p-1. The number of rotatable bonds is 5. The van der Waals surface area contributed by atoms with Crippen LogP contribution in [-0.4, -0.2) is 12.6 Å². The van der Waals surface area contributed by atoms with E-state index in [1.807, 2.05) is 6.92 Å². The first-order valence-electron chi connectivity index (χ1n) is 3.44. The van der Waals surface area contributed by atoms with Gasteiger partial charge in [-0.1, -0.05) is 13.3 Å². The molecule has 0 rings (SSSR count). The summed E-state index contributed by atoms with van der Waals surface area (Å²) >= 11 is 0. The molecule has 0 aliphatic heterocycles. The average Bonchev–Trinajstić information content (AvgIpc) is 2.00. The molecule has 0 aliphatic carbocycles. The number of unbranched alkanes of at least 4 members (excludes halogenated alkanes) is 1. The van der Waals surface area contributed by atoms with Gasteiger partial charge in [0.05, 0.1) is 0 Å². The predicted octanol–water partition coefficient (Wildman–Crippen LogP) is -2.09. The second-order valence-corrected chi connectivity index (χ2v) is 4.04. The van der Waals surface area contributed by atoms with E-state index in [-0.39, 0.29) is 25.3 Å². The third-order valence-corrected chi connectivity index (χ3v) is 2.61. The van der Waals surface area contributed by atoms with Crippen molar-refractivity contribution in [2.75, 3.05) is 7.11 Å². The predicted molar refractivity (Wildman–Crippen MR) is 39.1 cm³/mol. The van der Waals surface area contributed by atoms with Gasteiger partial charge < -0.3 is 14.0 Å². The summed E-state index contributed by atoms with van der Waals surface area (Å²) in [5, 5.41) is 0. The average molecular weight is 186 g/mol. The Morgan fingerprint density at radius 2 is 2.08 bits per heavy atom. The summed E-state index contributed by atoms with van der Waals surface area (Å²) in [6.45, 7) is 1.88. The number of hydrogen-bond donors (Lipinski definition) is 0. The molecular formula is C6H12LiO4P. The minimum atomic E-state index is -4.18. The van der Waals surface area contributed by atoms with Crippen LogP contribution < -0.4 is 23.8 Å². The van der Waals surface area contributed by atoms with Gasteiger partial charge in [0.1, 0.15) is 0 Å². The molecular weight excluding hydrogens is 174 g/mol. The van der Waals surface area contributed by atoms with Crippen LogP contribution in [0.5, 0.6) is 0 Å². The van der Waals surface area contributed by atoms with Crippen LogP contribution in [0.25, 0.3) is 0 Å². The van der Waals surface area contributed by atoms with Crippen molar-refractivity contribution in [2.24, 2.45) is 0 Å². The molecule has 12 heavy (non-hydrogen) atoms. The largest absolute Gasteiger partial charge is 1.00 e. The van der Waals surface area contributed by atoms with Gasteiger partial charge in [0.15, 0.2) is 7.60 Å². The van der Waals surface area contributed by atoms with Gasteiger partial charge in [0.2, 0.25) is 5.52 Å². The van der Waals surface area contributed by atoms with Gasteiger partial charge in [-0.25, -0.2) is 0 Å². The monoisotopic (exact) mass is 186 g/mol. The normalized spacial score (nSPS) is 14.6. The Kier molecular flexibility index (Phi) is 8.55. The quantitative estimate of drug-likeness (QED) is 0.364. The van der Waals surface area contributed by atoms with E-state index in [4.69, 9.17) is 0 Å². The summed E-state index contributed by atoms with van der Waals surface area (Å²) in [7, 11) is -3.19. The minimum Gasteiger partial charge on any atom is -0.773 e. The zero-order valence-corrected chi connectivity index (χ0v) is 8.60. The van der Waals surface area contributed by atoms with Crippen molar-refractivity contribution < 1.29 is 37.6 Å². The molecule has 0 aliphatic rings. The van der Waals surface area contributed by atoms with Crippen LogP contribution in [0.3, 0.4) is 0 Å². The summed E-state index contributed by atoms with van der Waals surface area (Å²) in [5.74, 6) is 0. The Bertz CT molecular complexity index is 182. The van der Waals surface area contributed by atoms with Crippen LogP contribution in [0.4, 0.5) is 0 Å². The zero-order valence-electron chi connectivity index (χ0n) is 7.70. The fourth-order valence-electron chi connectivity index (χ4n) is 0.567. The van der Waals surface area contributed by atoms with Gasteiger partial charge in [0.25, 0.3) is 0 Å². The Labute approximate surface area is 84.4 Å². The van der Waals surface area contributed by atoms with Gasteiger partial charge in [-0.15, -0.1) is 0 Å². The van der Waals surface area contributed by atoms with E-state index < -0.39 is 13.1 Å². The number of carbonyl (C=O) groups is 1. The summed E-state index contributed by atoms with van der Waals surface area (Å²) in [6.07, 6.45) is 1.45. The van der Waals surface area contributed by atoms with Crippen LogP contribution in [0.15, 0.2) is 0 Å². The third kappa shape index (κ3) is 5.13. The molecule has 0 spiro atoms. The fraction of sp³-hybridized carbons (Fsp3) is 0.833. The van der Waals surface area contributed by atoms with Crippen LogP contribution in [0, 0.1) is 0 Å². The first-order chi connectivity index (χ1) is 5.04. The van der Waals surface area contributed by atoms with Gasteiger partial charge in [-0.3, -0.25) is 4.79 Å². The first-order valence-corrected chi connectivity index (χ1v) is 4.99. The minimum absolute atomic E-state index is 0. The van der Waals surface area contributed by atoms with E-state index in [0.717, 1.165) is 13.5 Å². The van der Waals surface area contributed by atoms with Gasteiger partial charge in [-0.05, 0) is 6.42 Å². The van der Waals surface area contributed by atoms with Crippen molar-refractivity contribution in [3.05, 3.63) is 0 Å². The number of carbonyl (C=O) groups excluding carboxylic acids is 1. The molecule has 0 aromatic heterocycles. The Morgan fingerprint density at radius 3 is 2.42 bits per heavy atom. The van der Waals surface area contributed by atoms with Crippen LogP contribution in [0.2, 0.25) is 0 Å². The van der Waals surface area contributed by atoms with E-state index >= 15 is 0 Å². The topological polar surface area (TPSA) is 66.4 Å². The Hall–Kier alpha value is 0.417. The molecule has 1 unspecified atom stereocenters. The molecule has 0 saturated carbocycles. The Balaban J connectivity index is 0. The maximum Gasteiger partial charge on any atom is 1.00 e. The summed E-state index contributed by atoms with van der Waals surface area (Å²) < 4.78 is 14.7. The van der Waals surface area contributed by atoms with E-state index in [2.05, 4.69) is 4.52 Å². The molecule has 0 aromatic rings. The van der Waals surface area contributed by atoms with Crippen LogP contribution >= 0.6 is 7.60 Å². The maximum absolute atomic E-state index is 10.8. The van der Waals surface area contributed by atoms with Crippen molar-refractivity contribution in [2.45, 2.75) is 26.2 Å². The van der Waals surface area contributed by atoms with Crippen molar-refractivity contribution in [3.8, 4) is 0 Å². The smallest absolute Gasteiger partial charge is 0.773 e. The first kappa shape index (κ1) is 14.9. The fourth-order valence-corrected chi connectivity index (χ4v) is 1.20. The molecule has 6 heteroatoms. The molecule has 4 nitrogen and oxygen atoms in total. The van der Waals surface area contributed by atoms with Crippen molar-refractivity contribution >= 4 is 13.1 Å². The molecule has 0 aromatic carbocycles. The molecule has 0 radical (unpaired) electrons. The van der Waals surface area contributed by atoms with Gasteiger partial charge >= 0.3 is 18.9 Å². The second kappa shape index (κ2) is 6.88. The maximum atomic E-state index is 10.8. The molecule has 0 saturated heterocycles. The van der Waals surface area contributed by atoms with E-state index in [9.17, 15) is 14.3 Å². The number of hydrogen-bond acceptors (Lipinski definition) is 4. The van der Waals surface area contributed by atoms with Crippen molar-refractivity contribution in [1.29, 1.82) is 0 Å². The summed E-state index contributed by atoms with van der Waals surface area (Å²) in [5.41, 5.74) is -0.804. The molecule has 0 heterocycles. The molecule has 1 atom stereocenters. The van der Waals surface area contributed by atoms with Crippen molar-refractivity contribution in [1.82, 2.24) is 0 Å². The summed E-state index contributed by atoms with van der Waals surface area (Å²) in [6, 6.07) is 0. The van der Waals surface area contributed by atoms with Crippen LogP contribution in [-0.2, 0) is 13.9 Å². The van der Waals surface area contributed by atoms with E-state index in [0.29, 0.717) is 6.42 Å². The Morgan fingerprint density at radius 1 is 1.58 bits per heavy atom. The SMILES string of the molecule is CCCCC(=O)P(=O)([O-])OC.[Li+]. The van der Waals surface area contributed by atoms with Crippen LogP contribution in [0.1, 0.15) is 26.2 Å². The molecule has 0 amide bonds. The molecule has 66 valence electrons. The molecule has 0 fully saturated rings. The third-order valence-electron chi connectivity index (χ3n) is 1.29. The summed E-state index contributed by atoms with van der Waals surface area (Å²) in [4.78, 5) is 21.4. The second-order valence-electron chi connectivity index (χ2n) is 2.18. The molecule has 0 N–H and O–H groups in total. The van der Waals surface area contributed by atoms with E-state index in [1.165, 1.54) is 0 Å². The zero-order chi connectivity index (χ0) is 8.91.